The maximum Gasteiger partial charge on any atom is 0.175 e. The van der Waals surface area contributed by atoms with Crippen molar-refractivity contribution in [2.75, 3.05) is 11.6 Å². The fourth-order valence-corrected chi connectivity index (χ4v) is 2.43. The first kappa shape index (κ1) is 14.5. The number of aromatic nitrogens is 2. The molecular formula is C13H16FN3O2S. The van der Waals surface area contributed by atoms with Gasteiger partial charge in [0, 0.05) is 31.1 Å². The number of nitrogens with zero attached hydrogens (tertiary/aromatic N) is 2. The van der Waals surface area contributed by atoms with Gasteiger partial charge in [0.25, 0.3) is 0 Å². The Bertz CT molecular complexity index is 738. The van der Waals surface area contributed by atoms with Crippen LogP contribution in [-0.4, -0.2) is 24.5 Å². The van der Waals surface area contributed by atoms with Gasteiger partial charge in [0.05, 0.1) is 16.8 Å². The van der Waals surface area contributed by atoms with E-state index >= 15 is 0 Å². The minimum atomic E-state index is -3.35. The fraction of sp³-hybridized carbons (Fsp3) is 0.308. The van der Waals surface area contributed by atoms with E-state index in [1.54, 1.807) is 10.9 Å². The zero-order valence-corrected chi connectivity index (χ0v) is 12.3. The van der Waals surface area contributed by atoms with Gasteiger partial charge in [-0.1, -0.05) is 0 Å². The number of halogens is 1. The SMILES string of the molecule is Cc1c(CNc2cc(S(C)(=O)=O)ccc2F)cnn1C. The number of aryl methyl sites for hydroxylation is 1. The van der Waals surface area contributed by atoms with Crippen LogP contribution < -0.4 is 5.32 Å². The number of hydrogen-bond acceptors (Lipinski definition) is 4. The molecule has 1 aromatic heterocycles. The Morgan fingerprint density at radius 1 is 1.40 bits per heavy atom. The van der Waals surface area contributed by atoms with Crippen LogP contribution in [0.25, 0.3) is 0 Å². The van der Waals surface area contributed by atoms with Crippen molar-refractivity contribution < 1.29 is 12.8 Å². The highest BCUT2D eigenvalue weighted by atomic mass is 32.2. The molecule has 1 N–H and O–H groups in total. The molecule has 0 fully saturated rings. The number of hydrogen-bond donors (Lipinski definition) is 1. The van der Waals surface area contributed by atoms with Crippen molar-refractivity contribution in [1.82, 2.24) is 9.78 Å². The molecule has 0 spiro atoms. The van der Waals surface area contributed by atoms with E-state index in [1.807, 2.05) is 14.0 Å². The molecule has 2 aromatic rings. The van der Waals surface area contributed by atoms with Gasteiger partial charge in [0.2, 0.25) is 0 Å². The van der Waals surface area contributed by atoms with Crippen molar-refractivity contribution in [3.8, 4) is 0 Å². The molecule has 0 aliphatic rings. The fourth-order valence-electron chi connectivity index (χ4n) is 1.78. The highest BCUT2D eigenvalue weighted by Gasteiger charge is 2.11. The van der Waals surface area contributed by atoms with E-state index in [2.05, 4.69) is 10.4 Å². The highest BCUT2D eigenvalue weighted by molar-refractivity contribution is 7.90. The van der Waals surface area contributed by atoms with Crippen LogP contribution in [0.5, 0.6) is 0 Å². The molecule has 1 aromatic carbocycles. The predicted molar refractivity (Wildman–Crippen MR) is 74.8 cm³/mol. The van der Waals surface area contributed by atoms with Gasteiger partial charge < -0.3 is 5.32 Å². The van der Waals surface area contributed by atoms with Gasteiger partial charge in [-0.15, -0.1) is 0 Å². The van der Waals surface area contributed by atoms with Crippen molar-refractivity contribution >= 4 is 15.5 Å². The average Bonchev–Trinajstić information content (AvgIpc) is 2.68. The Morgan fingerprint density at radius 2 is 2.10 bits per heavy atom. The minimum absolute atomic E-state index is 0.0873. The summed E-state index contributed by atoms with van der Waals surface area (Å²) in [7, 11) is -1.53. The summed E-state index contributed by atoms with van der Waals surface area (Å²) in [4.78, 5) is 0.0873. The second-order valence-corrected chi connectivity index (χ2v) is 6.66. The summed E-state index contributed by atoms with van der Waals surface area (Å²) in [5.74, 6) is -0.487. The highest BCUT2D eigenvalue weighted by Crippen LogP contribution is 2.20. The molecule has 1 heterocycles. The first-order chi connectivity index (χ1) is 9.29. The van der Waals surface area contributed by atoms with Gasteiger partial charge in [-0.3, -0.25) is 4.68 Å². The van der Waals surface area contributed by atoms with Gasteiger partial charge in [-0.25, -0.2) is 12.8 Å². The lowest BCUT2D eigenvalue weighted by Gasteiger charge is -2.09. The third-order valence-electron chi connectivity index (χ3n) is 3.17. The molecule has 5 nitrogen and oxygen atoms in total. The molecule has 0 aliphatic carbocycles. The molecule has 108 valence electrons. The van der Waals surface area contributed by atoms with Crippen molar-refractivity contribution in [3.63, 3.8) is 0 Å². The standard InChI is InChI=1S/C13H16FN3O2S/c1-9-10(8-16-17(9)2)7-15-13-6-11(20(3,18)19)4-5-12(13)14/h4-6,8,15H,7H2,1-3H3. The molecule has 0 atom stereocenters. The zero-order chi connectivity index (χ0) is 14.9. The second kappa shape index (κ2) is 5.24. The third kappa shape index (κ3) is 2.98. The molecule has 0 bridgehead atoms. The van der Waals surface area contributed by atoms with E-state index < -0.39 is 15.7 Å². The molecule has 2 rings (SSSR count). The van der Waals surface area contributed by atoms with Crippen LogP contribution in [0.2, 0.25) is 0 Å². The lowest BCUT2D eigenvalue weighted by molar-refractivity contribution is 0.600. The van der Waals surface area contributed by atoms with Crippen molar-refractivity contribution in [2.45, 2.75) is 18.4 Å². The summed E-state index contributed by atoms with van der Waals surface area (Å²) in [5, 5.41) is 7.00. The Kier molecular flexibility index (Phi) is 3.80. The molecule has 0 radical (unpaired) electrons. The van der Waals surface area contributed by atoms with E-state index in [4.69, 9.17) is 0 Å². The largest absolute Gasteiger partial charge is 0.378 e. The minimum Gasteiger partial charge on any atom is -0.378 e. The molecule has 0 aliphatic heterocycles. The summed E-state index contributed by atoms with van der Waals surface area (Å²) in [6.07, 6.45) is 2.79. The van der Waals surface area contributed by atoms with E-state index in [0.29, 0.717) is 6.54 Å². The molecular weight excluding hydrogens is 281 g/mol. The normalized spacial score (nSPS) is 11.6. The second-order valence-electron chi connectivity index (χ2n) is 4.65. The summed E-state index contributed by atoms with van der Waals surface area (Å²) in [6, 6.07) is 3.70. The predicted octanol–water partition coefficient (Wildman–Crippen LogP) is 1.88. The maximum absolute atomic E-state index is 13.7. The maximum atomic E-state index is 13.7. The van der Waals surface area contributed by atoms with Crippen LogP contribution in [0.3, 0.4) is 0 Å². The number of anilines is 1. The quantitative estimate of drug-likeness (QED) is 0.875. The van der Waals surface area contributed by atoms with Crippen LogP contribution in [0.1, 0.15) is 11.3 Å². The number of rotatable bonds is 4. The average molecular weight is 297 g/mol. The Labute approximate surface area is 117 Å². The van der Waals surface area contributed by atoms with Gasteiger partial charge in [0.15, 0.2) is 9.84 Å². The number of benzene rings is 1. The van der Waals surface area contributed by atoms with E-state index in [-0.39, 0.29) is 10.6 Å². The van der Waals surface area contributed by atoms with Crippen LogP contribution in [-0.2, 0) is 23.4 Å². The smallest absolute Gasteiger partial charge is 0.175 e. The summed E-state index contributed by atoms with van der Waals surface area (Å²) < 4.78 is 38.3. The molecule has 0 saturated carbocycles. The molecule has 20 heavy (non-hydrogen) atoms. The molecule has 0 saturated heterocycles. The van der Waals surface area contributed by atoms with Crippen LogP contribution >= 0.6 is 0 Å². The lowest BCUT2D eigenvalue weighted by atomic mass is 10.2. The molecule has 0 unspecified atom stereocenters. The zero-order valence-electron chi connectivity index (χ0n) is 11.5. The van der Waals surface area contributed by atoms with E-state index in [0.717, 1.165) is 23.6 Å². The first-order valence-corrected chi connectivity index (χ1v) is 7.89. The van der Waals surface area contributed by atoms with Crippen molar-refractivity contribution in [1.29, 1.82) is 0 Å². The lowest BCUT2D eigenvalue weighted by Crippen LogP contribution is -2.05. The van der Waals surface area contributed by atoms with Crippen LogP contribution in [0.15, 0.2) is 29.3 Å². The third-order valence-corrected chi connectivity index (χ3v) is 4.28. The summed E-state index contributed by atoms with van der Waals surface area (Å²) in [6.45, 7) is 2.29. The summed E-state index contributed by atoms with van der Waals surface area (Å²) >= 11 is 0. The van der Waals surface area contributed by atoms with Gasteiger partial charge in [-0.2, -0.15) is 5.10 Å². The molecule has 7 heteroatoms. The van der Waals surface area contributed by atoms with Crippen LogP contribution in [0, 0.1) is 12.7 Å². The Balaban J connectivity index is 2.23. The van der Waals surface area contributed by atoms with Gasteiger partial charge in [-0.05, 0) is 25.1 Å². The van der Waals surface area contributed by atoms with Gasteiger partial charge in [0.1, 0.15) is 5.82 Å². The Hall–Kier alpha value is -1.89. The van der Waals surface area contributed by atoms with Crippen LogP contribution in [0.4, 0.5) is 10.1 Å². The Morgan fingerprint density at radius 3 is 2.65 bits per heavy atom. The monoisotopic (exact) mass is 297 g/mol. The first-order valence-electron chi connectivity index (χ1n) is 6.00. The molecule has 0 amide bonds. The van der Waals surface area contributed by atoms with Crippen molar-refractivity contribution in [2.24, 2.45) is 7.05 Å². The van der Waals surface area contributed by atoms with Gasteiger partial charge >= 0.3 is 0 Å². The topological polar surface area (TPSA) is 64.0 Å². The summed E-state index contributed by atoms with van der Waals surface area (Å²) in [5.41, 5.74) is 2.06. The number of sulfone groups is 1. The van der Waals surface area contributed by atoms with Crippen molar-refractivity contribution in [3.05, 3.63) is 41.5 Å². The van der Waals surface area contributed by atoms with E-state index in [9.17, 15) is 12.8 Å². The van der Waals surface area contributed by atoms with E-state index in [1.165, 1.54) is 12.1 Å². The number of nitrogens with one attached hydrogen (secondary N) is 1.